The normalized spacial score (nSPS) is 26.8. The second kappa shape index (κ2) is 9.32. The second-order valence-corrected chi connectivity index (χ2v) is 10.9. The summed E-state index contributed by atoms with van der Waals surface area (Å²) in [6, 6.07) is 9.75. The van der Waals surface area contributed by atoms with Crippen molar-refractivity contribution in [3.8, 4) is 0 Å². The fourth-order valence-electron chi connectivity index (χ4n) is 6.71. The minimum atomic E-state index is -1.04. The van der Waals surface area contributed by atoms with Gasteiger partial charge in [0.15, 0.2) is 11.9 Å². The number of rotatable bonds is 7. The summed E-state index contributed by atoms with van der Waals surface area (Å²) in [6.45, 7) is 1.53. The summed E-state index contributed by atoms with van der Waals surface area (Å²) < 4.78 is 5.49. The van der Waals surface area contributed by atoms with Gasteiger partial charge in [0.1, 0.15) is 5.02 Å². The van der Waals surface area contributed by atoms with E-state index in [9.17, 15) is 24.5 Å². The molecule has 4 aliphatic rings. The van der Waals surface area contributed by atoms with Gasteiger partial charge in [0.2, 0.25) is 0 Å². The molecule has 4 bridgehead atoms. The Bertz CT molecular complexity index is 1220. The van der Waals surface area contributed by atoms with Gasteiger partial charge in [0.05, 0.1) is 10.5 Å². The van der Waals surface area contributed by atoms with Crippen LogP contribution in [0.3, 0.4) is 0 Å². The van der Waals surface area contributed by atoms with Crippen molar-refractivity contribution in [3.63, 3.8) is 0 Å². The van der Waals surface area contributed by atoms with E-state index in [1.54, 1.807) is 12.1 Å². The number of nitro groups is 1. The molecule has 0 heterocycles. The molecule has 188 valence electrons. The maximum Gasteiger partial charge on any atom is 0.339 e. The third kappa shape index (κ3) is 4.62. The zero-order valence-corrected chi connectivity index (χ0v) is 20.6. The maximum absolute atomic E-state index is 13.1. The number of nitrogens with one attached hydrogen (secondary N) is 1. The molecule has 4 aliphatic carbocycles. The first kappa shape index (κ1) is 24.4. The van der Waals surface area contributed by atoms with Crippen LogP contribution in [0.5, 0.6) is 0 Å². The summed E-state index contributed by atoms with van der Waals surface area (Å²) in [5, 5.41) is 14.3. The Kier molecular flexibility index (Phi) is 6.32. The fraction of sp³-hybridized carbons (Fsp3) is 0.444. The van der Waals surface area contributed by atoms with Gasteiger partial charge in [-0.3, -0.25) is 19.7 Å². The molecule has 4 fully saturated rings. The Balaban J connectivity index is 1.30. The number of hydrogen-bond donors (Lipinski definition) is 1. The molecule has 1 amide bonds. The maximum atomic E-state index is 13.1. The first-order valence-corrected chi connectivity index (χ1v) is 12.6. The van der Waals surface area contributed by atoms with Crippen molar-refractivity contribution in [1.82, 2.24) is 5.32 Å². The summed E-state index contributed by atoms with van der Waals surface area (Å²) in [5.41, 5.74) is -0.595. The van der Waals surface area contributed by atoms with Crippen molar-refractivity contribution >= 4 is 34.9 Å². The molecule has 9 heteroatoms. The van der Waals surface area contributed by atoms with Crippen LogP contribution in [-0.2, 0) is 9.53 Å². The number of carbonyl (C=O) groups excluding carboxylic acids is 3. The molecule has 1 atom stereocenters. The second-order valence-electron chi connectivity index (χ2n) is 10.5. The van der Waals surface area contributed by atoms with Gasteiger partial charge in [-0.15, -0.1) is 0 Å². The zero-order valence-electron chi connectivity index (χ0n) is 19.9. The number of benzene rings is 2. The van der Waals surface area contributed by atoms with Crippen molar-refractivity contribution in [3.05, 3.63) is 74.3 Å². The Labute approximate surface area is 213 Å². The van der Waals surface area contributed by atoms with Crippen molar-refractivity contribution in [2.24, 2.45) is 17.8 Å². The predicted molar refractivity (Wildman–Crippen MR) is 132 cm³/mol. The van der Waals surface area contributed by atoms with Gasteiger partial charge in [0.25, 0.3) is 11.6 Å². The van der Waals surface area contributed by atoms with Crippen LogP contribution in [0.1, 0.15) is 71.7 Å². The van der Waals surface area contributed by atoms with E-state index in [1.807, 2.05) is 0 Å². The number of ketones is 1. The summed E-state index contributed by atoms with van der Waals surface area (Å²) >= 11 is 5.86. The molecule has 2 aromatic rings. The number of nitro benzene ring substituents is 1. The molecule has 1 N–H and O–H groups in total. The third-order valence-corrected chi connectivity index (χ3v) is 8.20. The molecule has 6 rings (SSSR count). The topological polar surface area (TPSA) is 116 Å². The molecule has 0 saturated heterocycles. The highest BCUT2D eigenvalue weighted by molar-refractivity contribution is 6.33. The number of hydrogen-bond acceptors (Lipinski definition) is 6. The monoisotopic (exact) mass is 510 g/mol. The minimum absolute atomic E-state index is 0.0129. The van der Waals surface area contributed by atoms with Crippen molar-refractivity contribution in [2.75, 3.05) is 0 Å². The predicted octanol–water partition coefficient (Wildman–Crippen LogP) is 5.11. The van der Waals surface area contributed by atoms with Crippen LogP contribution in [0.4, 0.5) is 5.69 Å². The van der Waals surface area contributed by atoms with E-state index >= 15 is 0 Å². The lowest BCUT2D eigenvalue weighted by atomic mass is 9.53. The molecule has 4 saturated carbocycles. The Hall–Kier alpha value is -3.26. The highest BCUT2D eigenvalue weighted by Crippen LogP contribution is 2.55. The van der Waals surface area contributed by atoms with Crippen molar-refractivity contribution in [1.29, 1.82) is 0 Å². The summed E-state index contributed by atoms with van der Waals surface area (Å²) in [6.07, 6.45) is 5.66. The summed E-state index contributed by atoms with van der Waals surface area (Å²) in [4.78, 5) is 49.7. The van der Waals surface area contributed by atoms with Crippen LogP contribution in [-0.4, -0.2) is 34.2 Å². The first-order chi connectivity index (χ1) is 17.1. The van der Waals surface area contributed by atoms with Crippen LogP contribution in [0.2, 0.25) is 5.02 Å². The number of nitrogens with zero attached hydrogens (tertiary/aromatic N) is 1. The molecule has 0 unspecified atom stereocenters. The van der Waals surface area contributed by atoms with Crippen molar-refractivity contribution in [2.45, 2.75) is 57.1 Å². The lowest BCUT2D eigenvalue weighted by molar-refractivity contribution is -0.384. The lowest BCUT2D eigenvalue weighted by Gasteiger charge is -2.57. The number of ether oxygens (including phenoxy) is 1. The molecule has 2 aromatic carbocycles. The Morgan fingerprint density at radius 1 is 1.03 bits per heavy atom. The molecule has 0 aliphatic heterocycles. The zero-order chi connectivity index (χ0) is 25.6. The molecular weight excluding hydrogens is 484 g/mol. The number of esters is 1. The van der Waals surface area contributed by atoms with E-state index in [0.29, 0.717) is 17.8 Å². The molecule has 8 nitrogen and oxygen atoms in total. The molecule has 0 spiro atoms. The van der Waals surface area contributed by atoms with E-state index in [1.165, 1.54) is 50.5 Å². The van der Waals surface area contributed by atoms with E-state index in [4.69, 9.17) is 16.3 Å². The van der Waals surface area contributed by atoms with Gasteiger partial charge in [-0.05, 0) is 81.4 Å². The molecular formula is C27H27ClN2O6. The standard InChI is InChI=1S/C27H27ClN2O6/c1-15(25(32)29-27-12-16-8-17(13-27)10-18(9-16)14-27)36-26(33)21-5-3-2-4-20(21)24(31)19-6-7-22(28)23(11-19)30(34)35/h2-7,11,15-18H,8-10,12-14H2,1H3,(H,29,32)/t15-,16?,17?,18?,27?/m0/s1. The lowest BCUT2D eigenvalue weighted by Crippen LogP contribution is -2.61. The fourth-order valence-corrected chi connectivity index (χ4v) is 6.90. The Morgan fingerprint density at radius 3 is 2.19 bits per heavy atom. The highest BCUT2D eigenvalue weighted by Gasteiger charge is 2.51. The van der Waals surface area contributed by atoms with Gasteiger partial charge < -0.3 is 10.1 Å². The van der Waals surface area contributed by atoms with Crippen LogP contribution < -0.4 is 5.32 Å². The first-order valence-electron chi connectivity index (χ1n) is 12.2. The third-order valence-electron chi connectivity index (χ3n) is 7.88. The van der Waals surface area contributed by atoms with Gasteiger partial charge >= 0.3 is 5.97 Å². The summed E-state index contributed by atoms with van der Waals surface area (Å²) in [7, 11) is 0. The van der Waals surface area contributed by atoms with Gasteiger partial charge in [-0.25, -0.2) is 4.79 Å². The largest absolute Gasteiger partial charge is 0.449 e. The van der Waals surface area contributed by atoms with Gasteiger partial charge in [-0.2, -0.15) is 0 Å². The molecule has 0 aromatic heterocycles. The number of amides is 1. The average molecular weight is 511 g/mol. The SMILES string of the molecule is C[C@H](OC(=O)c1ccccc1C(=O)c1ccc(Cl)c([N+](=O)[O-])c1)C(=O)NC12CC3CC(CC(C3)C1)C2. The van der Waals surface area contributed by atoms with Crippen molar-refractivity contribution < 1.29 is 24.0 Å². The van der Waals surface area contributed by atoms with Crippen LogP contribution >= 0.6 is 11.6 Å². The van der Waals surface area contributed by atoms with E-state index in [-0.39, 0.29) is 33.2 Å². The molecule has 36 heavy (non-hydrogen) atoms. The van der Waals surface area contributed by atoms with Crippen LogP contribution in [0.25, 0.3) is 0 Å². The van der Waals surface area contributed by atoms with E-state index in [2.05, 4.69) is 5.32 Å². The van der Waals surface area contributed by atoms with Crippen LogP contribution in [0.15, 0.2) is 42.5 Å². The average Bonchev–Trinajstić information content (AvgIpc) is 2.82. The molecule has 0 radical (unpaired) electrons. The Morgan fingerprint density at radius 2 is 1.61 bits per heavy atom. The minimum Gasteiger partial charge on any atom is -0.449 e. The summed E-state index contributed by atoms with van der Waals surface area (Å²) in [5.74, 6) is 0.258. The highest BCUT2D eigenvalue weighted by atomic mass is 35.5. The smallest absolute Gasteiger partial charge is 0.339 e. The van der Waals surface area contributed by atoms with Crippen LogP contribution in [0, 0.1) is 27.9 Å². The van der Waals surface area contributed by atoms with Gasteiger partial charge in [0, 0.05) is 22.7 Å². The van der Waals surface area contributed by atoms with E-state index in [0.717, 1.165) is 25.3 Å². The quantitative estimate of drug-likeness (QED) is 0.239. The van der Waals surface area contributed by atoms with Gasteiger partial charge in [-0.1, -0.05) is 29.8 Å². The number of halogens is 1. The number of carbonyl (C=O) groups is 3. The van der Waals surface area contributed by atoms with E-state index < -0.39 is 28.5 Å².